The minimum atomic E-state index is -0.125. The molecule has 0 rings (SSSR count). The Hall–Kier alpha value is -0.380. The summed E-state index contributed by atoms with van der Waals surface area (Å²) in [5.41, 5.74) is 0. The van der Waals surface area contributed by atoms with Crippen LogP contribution in [0.1, 0.15) is 26.7 Å². The van der Waals surface area contributed by atoms with E-state index in [0.717, 1.165) is 26.1 Å². The average molecular weight is 192 g/mol. The summed E-state index contributed by atoms with van der Waals surface area (Å²) >= 11 is 0. The van der Waals surface area contributed by atoms with Crippen molar-refractivity contribution in [3.05, 3.63) is 13.2 Å². The summed E-state index contributed by atoms with van der Waals surface area (Å²) in [6.07, 6.45) is 2.28. The fourth-order valence-corrected chi connectivity index (χ4v) is 0.391. The lowest BCUT2D eigenvalue weighted by Crippen LogP contribution is -1.92. The lowest BCUT2D eigenvalue weighted by Gasteiger charge is -1.95. The Labute approximate surface area is 82.0 Å². The normalized spacial score (nSPS) is 7.69. The van der Waals surface area contributed by atoms with E-state index in [1.165, 1.54) is 0 Å². The van der Waals surface area contributed by atoms with Crippen LogP contribution in [-0.2, 0) is 4.74 Å². The summed E-state index contributed by atoms with van der Waals surface area (Å²) in [5.74, 6) is 0. The number of aliphatic hydroxyl groups is 2. The van der Waals surface area contributed by atoms with E-state index in [-0.39, 0.29) is 13.2 Å². The number of ether oxygens (including phenoxy) is 1. The zero-order valence-corrected chi connectivity index (χ0v) is 8.96. The maximum atomic E-state index is 7.62. The van der Waals surface area contributed by atoms with Gasteiger partial charge in [0.25, 0.3) is 0 Å². The van der Waals surface area contributed by atoms with Crippen molar-refractivity contribution in [1.29, 1.82) is 0 Å². The molecule has 0 spiro atoms. The Kier molecular flexibility index (Phi) is 42.4. The summed E-state index contributed by atoms with van der Waals surface area (Å²) in [7, 11) is 0. The molecule has 0 atom stereocenters. The molecular formula is C10H24O3. The number of hydrogen-bond acceptors (Lipinski definition) is 3. The third kappa shape index (κ3) is 50.4. The van der Waals surface area contributed by atoms with Crippen LogP contribution in [0.15, 0.2) is 13.2 Å². The molecule has 0 heterocycles. The van der Waals surface area contributed by atoms with E-state index < -0.39 is 0 Å². The van der Waals surface area contributed by atoms with Crippen LogP contribution < -0.4 is 0 Å². The molecule has 0 saturated heterocycles. The monoisotopic (exact) mass is 192 g/mol. The van der Waals surface area contributed by atoms with Crippen LogP contribution in [0.4, 0.5) is 0 Å². The molecule has 2 N–H and O–H groups in total. The van der Waals surface area contributed by atoms with Crippen molar-refractivity contribution in [3.63, 3.8) is 0 Å². The topological polar surface area (TPSA) is 49.7 Å². The second-order valence-electron chi connectivity index (χ2n) is 2.06. The van der Waals surface area contributed by atoms with Crippen molar-refractivity contribution in [1.82, 2.24) is 0 Å². The van der Waals surface area contributed by atoms with E-state index in [1.807, 2.05) is 0 Å². The molecule has 0 bridgehead atoms. The molecule has 0 amide bonds. The third-order valence-electron chi connectivity index (χ3n) is 0.797. The smallest absolute Gasteiger partial charge is 0.0662 e. The van der Waals surface area contributed by atoms with Gasteiger partial charge >= 0.3 is 0 Å². The number of rotatable bonds is 5. The maximum Gasteiger partial charge on any atom is 0.0662 e. The van der Waals surface area contributed by atoms with Crippen molar-refractivity contribution in [2.45, 2.75) is 26.7 Å². The molecule has 0 aliphatic heterocycles. The zero-order valence-electron chi connectivity index (χ0n) is 8.96. The van der Waals surface area contributed by atoms with Crippen LogP contribution in [0.2, 0.25) is 0 Å². The lowest BCUT2D eigenvalue weighted by molar-refractivity contribution is 0.135. The predicted octanol–water partition coefficient (Wildman–Crippen LogP) is 1.60. The number of hydrogen-bond donors (Lipinski definition) is 2. The second kappa shape index (κ2) is 29.9. The zero-order chi connectivity index (χ0) is 10.9. The molecule has 0 saturated carbocycles. The van der Waals surface area contributed by atoms with Gasteiger partial charge < -0.3 is 14.9 Å². The largest absolute Gasteiger partial charge is 0.394 e. The van der Waals surface area contributed by atoms with Crippen LogP contribution in [0.5, 0.6) is 0 Å². The summed E-state index contributed by atoms with van der Waals surface area (Å²) in [6, 6.07) is 0. The molecule has 0 radical (unpaired) electrons. The van der Waals surface area contributed by atoms with Gasteiger partial charge in [0.1, 0.15) is 0 Å². The fraction of sp³-hybridized carbons (Fsp3) is 0.800. The highest BCUT2D eigenvalue weighted by atomic mass is 16.5. The van der Waals surface area contributed by atoms with Gasteiger partial charge in [-0.3, -0.25) is 0 Å². The van der Waals surface area contributed by atoms with Gasteiger partial charge in [0, 0.05) is 13.2 Å². The van der Waals surface area contributed by atoms with Crippen molar-refractivity contribution in [3.8, 4) is 0 Å². The van der Waals surface area contributed by atoms with Gasteiger partial charge in [-0.1, -0.05) is 13.8 Å². The van der Waals surface area contributed by atoms with Gasteiger partial charge in [-0.15, -0.1) is 13.2 Å². The first-order valence-electron chi connectivity index (χ1n) is 4.62. The molecular weight excluding hydrogens is 168 g/mol. The number of aliphatic hydroxyl groups excluding tert-OH is 2. The van der Waals surface area contributed by atoms with Gasteiger partial charge in [-0.05, 0) is 12.8 Å². The summed E-state index contributed by atoms with van der Waals surface area (Å²) in [5, 5.41) is 15.2. The molecule has 0 aliphatic carbocycles. The van der Waals surface area contributed by atoms with Gasteiger partial charge in [-0.25, -0.2) is 0 Å². The van der Waals surface area contributed by atoms with Crippen molar-refractivity contribution < 1.29 is 14.9 Å². The first kappa shape index (κ1) is 18.4. The first-order valence-corrected chi connectivity index (χ1v) is 4.62. The molecule has 3 nitrogen and oxygen atoms in total. The molecule has 0 aliphatic rings. The van der Waals surface area contributed by atoms with Crippen molar-refractivity contribution >= 4 is 0 Å². The Morgan fingerprint density at radius 3 is 1.38 bits per heavy atom. The van der Waals surface area contributed by atoms with E-state index in [9.17, 15) is 0 Å². The maximum absolute atomic E-state index is 7.62. The Morgan fingerprint density at radius 1 is 0.923 bits per heavy atom. The van der Waals surface area contributed by atoms with Crippen LogP contribution in [0.25, 0.3) is 0 Å². The van der Waals surface area contributed by atoms with Crippen LogP contribution in [-0.4, -0.2) is 36.6 Å². The summed E-state index contributed by atoms with van der Waals surface area (Å²) in [4.78, 5) is 0. The Balaban J connectivity index is -0.000000142. The second-order valence-corrected chi connectivity index (χ2v) is 2.06. The molecule has 0 aromatic heterocycles. The SMILES string of the molecule is C=C.CCCOCCC.OCCO. The van der Waals surface area contributed by atoms with Crippen LogP contribution >= 0.6 is 0 Å². The van der Waals surface area contributed by atoms with Crippen molar-refractivity contribution in [2.75, 3.05) is 26.4 Å². The van der Waals surface area contributed by atoms with Gasteiger partial charge in [0.2, 0.25) is 0 Å². The van der Waals surface area contributed by atoms with Crippen LogP contribution in [0, 0.1) is 0 Å². The molecule has 0 fully saturated rings. The minimum Gasteiger partial charge on any atom is -0.394 e. The van der Waals surface area contributed by atoms with Crippen LogP contribution in [0.3, 0.4) is 0 Å². The van der Waals surface area contributed by atoms with E-state index >= 15 is 0 Å². The fourth-order valence-electron chi connectivity index (χ4n) is 0.391. The summed E-state index contributed by atoms with van der Waals surface area (Å²) < 4.78 is 5.13. The predicted molar refractivity (Wildman–Crippen MR) is 56.8 cm³/mol. The highest BCUT2D eigenvalue weighted by molar-refractivity contribution is 4.25. The molecule has 0 aromatic rings. The van der Waals surface area contributed by atoms with E-state index in [0.29, 0.717) is 0 Å². The highest BCUT2D eigenvalue weighted by Crippen LogP contribution is 1.81. The standard InChI is InChI=1S/C6H14O.C2H6O2.C2H4/c1-3-5-7-6-4-2;3-1-2-4;1-2/h3-6H2,1-2H3;3-4H,1-2H2;1-2H2. The Bertz CT molecular complexity index is 52.1. The average Bonchev–Trinajstić information content (AvgIpc) is 2.22. The van der Waals surface area contributed by atoms with E-state index in [4.69, 9.17) is 14.9 Å². The van der Waals surface area contributed by atoms with E-state index in [2.05, 4.69) is 27.0 Å². The highest BCUT2D eigenvalue weighted by Gasteiger charge is 1.77. The summed E-state index contributed by atoms with van der Waals surface area (Å²) in [6.45, 7) is 11.8. The first-order chi connectivity index (χ1) is 6.33. The minimum absolute atomic E-state index is 0.125. The molecule has 82 valence electrons. The van der Waals surface area contributed by atoms with Gasteiger partial charge in [0.15, 0.2) is 0 Å². The third-order valence-corrected chi connectivity index (χ3v) is 0.797. The molecule has 3 heteroatoms. The lowest BCUT2D eigenvalue weighted by atomic mass is 10.5. The molecule has 0 aromatic carbocycles. The molecule has 13 heavy (non-hydrogen) atoms. The van der Waals surface area contributed by atoms with Crippen molar-refractivity contribution in [2.24, 2.45) is 0 Å². The van der Waals surface area contributed by atoms with E-state index in [1.54, 1.807) is 0 Å². The molecule has 0 unspecified atom stereocenters. The van der Waals surface area contributed by atoms with Gasteiger partial charge in [0.05, 0.1) is 13.2 Å². The van der Waals surface area contributed by atoms with Gasteiger partial charge in [-0.2, -0.15) is 0 Å². The Morgan fingerprint density at radius 2 is 1.23 bits per heavy atom. The quantitative estimate of drug-likeness (QED) is 0.514.